The molecular formula is C14H18Cl2N2O. The van der Waals surface area contributed by atoms with Gasteiger partial charge in [-0.05, 0) is 24.3 Å². The molecule has 1 aliphatic rings. The van der Waals surface area contributed by atoms with Gasteiger partial charge < -0.3 is 5.32 Å². The third-order valence-electron chi connectivity index (χ3n) is 3.87. The van der Waals surface area contributed by atoms with Crippen molar-refractivity contribution < 1.29 is 4.79 Å². The number of pyridine rings is 1. The van der Waals surface area contributed by atoms with E-state index in [1.165, 1.54) is 12.6 Å². The zero-order chi connectivity index (χ0) is 14.0. The Morgan fingerprint density at radius 1 is 1.42 bits per heavy atom. The minimum absolute atomic E-state index is 0.133. The highest BCUT2D eigenvalue weighted by atomic mass is 35.5. The number of carbonyl (C=O) groups excluding carboxylic acids is 1. The minimum atomic E-state index is -0.133. The lowest BCUT2D eigenvalue weighted by molar-refractivity contribution is 0.0853. The molecule has 1 unspecified atom stereocenters. The van der Waals surface area contributed by atoms with E-state index in [1.807, 2.05) is 0 Å². The number of amides is 1. The van der Waals surface area contributed by atoms with Gasteiger partial charge in [-0.2, -0.15) is 0 Å². The summed E-state index contributed by atoms with van der Waals surface area (Å²) >= 11 is 11.6. The van der Waals surface area contributed by atoms with Gasteiger partial charge in [-0.25, -0.2) is 4.98 Å². The SMILES string of the molecule is CC1(C)CCCCC1NC(=O)c1cnc(Cl)c(Cl)c1. The minimum Gasteiger partial charge on any atom is -0.349 e. The fourth-order valence-corrected chi connectivity index (χ4v) is 2.82. The van der Waals surface area contributed by atoms with E-state index in [0.717, 1.165) is 19.3 Å². The predicted octanol–water partition coefficient (Wildman–Crippen LogP) is 4.09. The van der Waals surface area contributed by atoms with Crippen LogP contribution in [0, 0.1) is 5.41 Å². The number of halogens is 2. The van der Waals surface area contributed by atoms with Crippen LogP contribution in [0.1, 0.15) is 49.9 Å². The van der Waals surface area contributed by atoms with E-state index >= 15 is 0 Å². The molecule has 1 heterocycles. The summed E-state index contributed by atoms with van der Waals surface area (Å²) in [6, 6.07) is 1.75. The summed E-state index contributed by atoms with van der Waals surface area (Å²) in [4.78, 5) is 16.1. The summed E-state index contributed by atoms with van der Waals surface area (Å²) in [6.45, 7) is 4.40. The fourth-order valence-electron chi connectivity index (χ4n) is 2.55. The molecule has 0 saturated heterocycles. The summed E-state index contributed by atoms with van der Waals surface area (Å²) in [6.07, 6.45) is 6.01. The number of aromatic nitrogens is 1. The van der Waals surface area contributed by atoms with Gasteiger partial charge in [0.25, 0.3) is 5.91 Å². The summed E-state index contributed by atoms with van der Waals surface area (Å²) in [7, 11) is 0. The molecule has 1 amide bonds. The summed E-state index contributed by atoms with van der Waals surface area (Å²) in [5.41, 5.74) is 0.591. The highest BCUT2D eigenvalue weighted by Gasteiger charge is 2.33. The Balaban J connectivity index is 2.10. The van der Waals surface area contributed by atoms with E-state index in [1.54, 1.807) is 6.07 Å². The van der Waals surface area contributed by atoms with Crippen LogP contribution in [0.4, 0.5) is 0 Å². The topological polar surface area (TPSA) is 42.0 Å². The lowest BCUT2D eigenvalue weighted by Crippen LogP contribution is -2.46. The van der Waals surface area contributed by atoms with Gasteiger partial charge in [0, 0.05) is 12.2 Å². The average molecular weight is 301 g/mol. The third kappa shape index (κ3) is 3.40. The fraction of sp³-hybridized carbons (Fsp3) is 0.571. The number of rotatable bonds is 2. The summed E-state index contributed by atoms with van der Waals surface area (Å²) < 4.78 is 0. The molecular weight excluding hydrogens is 283 g/mol. The molecule has 1 aromatic rings. The molecule has 2 rings (SSSR count). The maximum absolute atomic E-state index is 12.2. The van der Waals surface area contributed by atoms with Crippen LogP contribution < -0.4 is 5.32 Å². The van der Waals surface area contributed by atoms with Crippen molar-refractivity contribution in [3.05, 3.63) is 28.0 Å². The molecule has 1 aliphatic carbocycles. The van der Waals surface area contributed by atoms with Crippen LogP contribution in [0.15, 0.2) is 12.3 Å². The molecule has 19 heavy (non-hydrogen) atoms. The zero-order valence-corrected chi connectivity index (χ0v) is 12.7. The van der Waals surface area contributed by atoms with Gasteiger partial charge in [-0.1, -0.05) is 49.9 Å². The van der Waals surface area contributed by atoms with Gasteiger partial charge in [0.05, 0.1) is 10.6 Å². The number of hydrogen-bond acceptors (Lipinski definition) is 2. The average Bonchev–Trinajstić information content (AvgIpc) is 2.35. The zero-order valence-electron chi connectivity index (χ0n) is 11.2. The molecule has 1 saturated carbocycles. The highest BCUT2D eigenvalue weighted by Crippen LogP contribution is 2.35. The number of nitrogens with one attached hydrogen (secondary N) is 1. The molecule has 0 radical (unpaired) electrons. The van der Waals surface area contributed by atoms with E-state index in [2.05, 4.69) is 24.1 Å². The van der Waals surface area contributed by atoms with Crippen LogP contribution in [0.2, 0.25) is 10.2 Å². The van der Waals surface area contributed by atoms with E-state index in [-0.39, 0.29) is 22.5 Å². The smallest absolute Gasteiger partial charge is 0.253 e. The number of carbonyl (C=O) groups is 1. The first-order chi connectivity index (χ1) is 8.90. The Labute approximate surface area is 123 Å². The van der Waals surface area contributed by atoms with Crippen molar-refractivity contribution in [3.8, 4) is 0 Å². The van der Waals surface area contributed by atoms with Gasteiger partial charge >= 0.3 is 0 Å². The first-order valence-electron chi connectivity index (χ1n) is 6.52. The third-order valence-corrected chi connectivity index (χ3v) is 4.56. The second-order valence-corrected chi connectivity index (χ2v) is 6.52. The summed E-state index contributed by atoms with van der Waals surface area (Å²) in [5.74, 6) is -0.133. The standard InChI is InChI=1S/C14H18Cl2N2O/c1-14(2)6-4-3-5-11(14)18-13(19)9-7-10(15)12(16)17-8-9/h7-8,11H,3-6H2,1-2H3,(H,18,19). The second-order valence-electron chi connectivity index (χ2n) is 5.76. The van der Waals surface area contributed by atoms with Gasteiger partial charge in [-0.3, -0.25) is 4.79 Å². The largest absolute Gasteiger partial charge is 0.349 e. The molecule has 5 heteroatoms. The Hall–Kier alpha value is -0.800. The molecule has 104 valence electrons. The summed E-state index contributed by atoms with van der Waals surface area (Å²) in [5, 5.41) is 3.61. The first kappa shape index (κ1) is 14.6. The lowest BCUT2D eigenvalue weighted by Gasteiger charge is -2.39. The van der Waals surface area contributed by atoms with Gasteiger partial charge in [0.2, 0.25) is 0 Å². The van der Waals surface area contributed by atoms with Crippen LogP contribution in [0.5, 0.6) is 0 Å². The highest BCUT2D eigenvalue weighted by molar-refractivity contribution is 6.41. The molecule has 0 spiro atoms. The molecule has 1 N–H and O–H groups in total. The van der Waals surface area contributed by atoms with Crippen LogP contribution in [-0.2, 0) is 0 Å². The Bertz CT molecular complexity index is 488. The molecule has 0 aliphatic heterocycles. The number of nitrogens with zero attached hydrogens (tertiary/aromatic N) is 1. The molecule has 1 atom stereocenters. The maximum Gasteiger partial charge on any atom is 0.253 e. The first-order valence-corrected chi connectivity index (χ1v) is 7.28. The van der Waals surface area contributed by atoms with E-state index in [0.29, 0.717) is 10.6 Å². The van der Waals surface area contributed by atoms with E-state index in [4.69, 9.17) is 23.2 Å². The lowest BCUT2D eigenvalue weighted by atomic mass is 9.73. The van der Waals surface area contributed by atoms with Crippen LogP contribution >= 0.6 is 23.2 Å². The van der Waals surface area contributed by atoms with Crippen LogP contribution in [-0.4, -0.2) is 16.9 Å². The van der Waals surface area contributed by atoms with Crippen molar-refractivity contribution in [2.75, 3.05) is 0 Å². The Morgan fingerprint density at radius 2 is 2.16 bits per heavy atom. The van der Waals surface area contributed by atoms with Gasteiger partial charge in [0.1, 0.15) is 5.15 Å². The molecule has 0 bridgehead atoms. The molecule has 0 aromatic carbocycles. The molecule has 3 nitrogen and oxygen atoms in total. The monoisotopic (exact) mass is 300 g/mol. The van der Waals surface area contributed by atoms with E-state index < -0.39 is 0 Å². The van der Waals surface area contributed by atoms with Gasteiger partial charge in [0.15, 0.2) is 0 Å². The van der Waals surface area contributed by atoms with Crippen molar-refractivity contribution in [1.29, 1.82) is 0 Å². The van der Waals surface area contributed by atoms with Crippen molar-refractivity contribution in [2.24, 2.45) is 5.41 Å². The normalized spacial score (nSPS) is 22.0. The van der Waals surface area contributed by atoms with Crippen LogP contribution in [0.3, 0.4) is 0 Å². The maximum atomic E-state index is 12.2. The quantitative estimate of drug-likeness (QED) is 0.836. The Kier molecular flexibility index (Phi) is 4.36. The second kappa shape index (κ2) is 5.68. The number of hydrogen-bond donors (Lipinski definition) is 1. The van der Waals surface area contributed by atoms with Crippen molar-refractivity contribution in [2.45, 2.75) is 45.6 Å². The molecule has 1 fully saturated rings. The Morgan fingerprint density at radius 3 is 2.79 bits per heavy atom. The van der Waals surface area contributed by atoms with Crippen molar-refractivity contribution >= 4 is 29.1 Å². The van der Waals surface area contributed by atoms with Crippen LogP contribution in [0.25, 0.3) is 0 Å². The van der Waals surface area contributed by atoms with Crippen molar-refractivity contribution in [3.63, 3.8) is 0 Å². The van der Waals surface area contributed by atoms with Gasteiger partial charge in [-0.15, -0.1) is 0 Å². The van der Waals surface area contributed by atoms with Crippen molar-refractivity contribution in [1.82, 2.24) is 10.3 Å². The molecule has 1 aromatic heterocycles. The van der Waals surface area contributed by atoms with E-state index in [9.17, 15) is 4.79 Å². The predicted molar refractivity (Wildman–Crippen MR) is 77.8 cm³/mol.